The normalized spacial score (nSPS) is 17.9. The quantitative estimate of drug-likeness (QED) is 0.369. The molecule has 0 bridgehead atoms. The summed E-state index contributed by atoms with van der Waals surface area (Å²) in [5.74, 6) is 0.498. The van der Waals surface area contributed by atoms with Gasteiger partial charge in [0.1, 0.15) is 16.2 Å². The Morgan fingerprint density at radius 3 is 2.66 bits per heavy atom. The van der Waals surface area contributed by atoms with Crippen LogP contribution in [0.5, 0.6) is 5.75 Å². The lowest BCUT2D eigenvalue weighted by Gasteiger charge is -2.36. The number of thioether (sulfide) groups is 1. The van der Waals surface area contributed by atoms with Gasteiger partial charge >= 0.3 is 6.03 Å². The average molecular weight is 452 g/mol. The lowest BCUT2D eigenvalue weighted by molar-refractivity contribution is -0.115. The lowest BCUT2D eigenvalue weighted by atomic mass is 10.1. The summed E-state index contributed by atoms with van der Waals surface area (Å²) in [6.45, 7) is 4.38. The largest absolute Gasteiger partial charge is 0.495 e. The fraction of sp³-hybridized carbons (Fsp3) is 0.300. The number of hydroxylamine groups is 2. The zero-order valence-electron chi connectivity index (χ0n) is 16.3. The molecule has 2 aromatic carbocycles. The monoisotopic (exact) mass is 451 g/mol. The number of rotatable bonds is 5. The number of halogens is 1. The number of amides is 2. The Hall–Kier alpha value is -2.00. The summed E-state index contributed by atoms with van der Waals surface area (Å²) < 4.78 is 5.24. The van der Waals surface area contributed by atoms with Crippen molar-refractivity contribution >= 4 is 51.6 Å². The molecule has 0 unspecified atom stereocenters. The van der Waals surface area contributed by atoms with Gasteiger partial charge in [-0.05, 0) is 37.6 Å². The molecule has 2 amide bonds. The molecule has 2 aromatic rings. The van der Waals surface area contributed by atoms with Gasteiger partial charge < -0.3 is 15.0 Å². The molecule has 0 saturated carbocycles. The Bertz CT molecular complexity index is 911. The maximum atomic E-state index is 12.8. The second-order valence-electron chi connectivity index (χ2n) is 7.08. The van der Waals surface area contributed by atoms with Crippen LogP contribution in [0.4, 0.5) is 10.5 Å². The van der Waals surface area contributed by atoms with E-state index in [1.807, 2.05) is 49.1 Å². The van der Waals surface area contributed by atoms with Crippen LogP contribution in [0.2, 0.25) is 5.02 Å². The molecule has 1 aliphatic heterocycles. The van der Waals surface area contributed by atoms with E-state index in [0.29, 0.717) is 32.4 Å². The highest BCUT2D eigenvalue weighted by atomic mass is 35.5. The number of hydrogen-bond donors (Lipinski definition) is 2. The number of anilines is 1. The number of benzene rings is 2. The van der Waals surface area contributed by atoms with Gasteiger partial charge in [-0.3, -0.25) is 5.21 Å². The molecule has 0 aliphatic carbocycles. The molecule has 1 aliphatic rings. The number of thiocarbonyl (C=S) groups is 1. The summed E-state index contributed by atoms with van der Waals surface area (Å²) >= 11 is 13.1. The van der Waals surface area contributed by atoms with E-state index in [-0.39, 0.29) is 0 Å². The number of nitrogens with zero attached hydrogens (tertiary/aromatic N) is 2. The molecule has 9 heteroatoms. The van der Waals surface area contributed by atoms with Crippen LogP contribution in [-0.4, -0.2) is 43.5 Å². The summed E-state index contributed by atoms with van der Waals surface area (Å²) in [4.78, 5) is 14.6. The number of carbonyl (C=O) groups is 1. The number of urea groups is 1. The molecule has 0 radical (unpaired) electrons. The van der Waals surface area contributed by atoms with Gasteiger partial charge in [0.05, 0.1) is 16.9 Å². The Kier molecular flexibility index (Phi) is 6.58. The van der Waals surface area contributed by atoms with Crippen LogP contribution in [0.3, 0.4) is 0 Å². The fourth-order valence-electron chi connectivity index (χ4n) is 3.21. The van der Waals surface area contributed by atoms with Gasteiger partial charge in [0.2, 0.25) is 0 Å². The lowest BCUT2D eigenvalue weighted by Crippen LogP contribution is -2.55. The van der Waals surface area contributed by atoms with Gasteiger partial charge in [0.15, 0.2) is 0 Å². The first kappa shape index (κ1) is 21.7. The Morgan fingerprint density at radius 2 is 2.03 bits per heavy atom. The molecule has 2 N–H and O–H groups in total. The van der Waals surface area contributed by atoms with Crippen molar-refractivity contribution in [2.75, 3.05) is 12.4 Å². The van der Waals surface area contributed by atoms with Crippen LogP contribution in [0.1, 0.15) is 19.4 Å². The Balaban J connectivity index is 1.80. The molecule has 0 aromatic heterocycles. The van der Waals surface area contributed by atoms with E-state index in [1.165, 1.54) is 18.9 Å². The van der Waals surface area contributed by atoms with Crippen molar-refractivity contribution in [3.8, 4) is 5.75 Å². The van der Waals surface area contributed by atoms with E-state index in [1.54, 1.807) is 18.2 Å². The Labute approximate surface area is 184 Å². The molecule has 1 fully saturated rings. The highest BCUT2D eigenvalue weighted by molar-refractivity contribution is 8.24. The first-order valence-corrected chi connectivity index (χ1v) is 10.5. The van der Waals surface area contributed by atoms with Crippen LogP contribution < -0.4 is 10.1 Å². The van der Waals surface area contributed by atoms with E-state index in [9.17, 15) is 10.0 Å². The highest BCUT2D eigenvalue weighted by Crippen LogP contribution is 2.43. The number of hydrogen-bond acceptors (Lipinski definition) is 5. The molecule has 154 valence electrons. The first-order valence-electron chi connectivity index (χ1n) is 8.89. The topological polar surface area (TPSA) is 65.0 Å². The zero-order valence-corrected chi connectivity index (χ0v) is 18.6. The maximum absolute atomic E-state index is 12.8. The smallest absolute Gasteiger partial charge is 0.347 e. The van der Waals surface area contributed by atoms with E-state index < -0.39 is 16.9 Å². The molecule has 1 atom stereocenters. The van der Waals surface area contributed by atoms with E-state index in [0.717, 1.165) is 5.56 Å². The van der Waals surface area contributed by atoms with Crippen LogP contribution in [0, 0.1) is 0 Å². The Morgan fingerprint density at radius 1 is 1.34 bits per heavy atom. The minimum absolute atomic E-state index is 0.360. The minimum atomic E-state index is -0.673. The van der Waals surface area contributed by atoms with Gasteiger partial charge in [-0.25, -0.2) is 4.79 Å². The van der Waals surface area contributed by atoms with Crippen molar-refractivity contribution < 1.29 is 14.7 Å². The fourth-order valence-corrected chi connectivity index (χ4v) is 5.34. The summed E-state index contributed by atoms with van der Waals surface area (Å²) in [6.07, 6.45) is -0.645. The molecule has 6 nitrogen and oxygen atoms in total. The molecule has 29 heavy (non-hydrogen) atoms. The summed E-state index contributed by atoms with van der Waals surface area (Å²) in [7, 11) is 1.51. The summed E-state index contributed by atoms with van der Waals surface area (Å²) in [5, 5.41) is 14.5. The SMILES string of the molecule is COc1ccc(NC(=O)N(O)[C@H]2N(Cc3ccccc3)C(=S)SC2(C)C)cc1Cl. The van der Waals surface area contributed by atoms with Crippen LogP contribution in [0.25, 0.3) is 0 Å². The minimum Gasteiger partial charge on any atom is -0.495 e. The molecular formula is C20H22ClN3O3S2. The van der Waals surface area contributed by atoms with E-state index in [2.05, 4.69) is 5.32 Å². The van der Waals surface area contributed by atoms with Gasteiger partial charge in [-0.1, -0.05) is 65.9 Å². The van der Waals surface area contributed by atoms with Crippen LogP contribution >= 0.6 is 35.6 Å². The van der Waals surface area contributed by atoms with Crippen molar-refractivity contribution in [1.29, 1.82) is 0 Å². The predicted octanol–water partition coefficient (Wildman–Crippen LogP) is 5.21. The zero-order chi connectivity index (χ0) is 21.2. The molecular weight excluding hydrogens is 430 g/mol. The van der Waals surface area contributed by atoms with Gasteiger partial charge in [0.25, 0.3) is 0 Å². The van der Waals surface area contributed by atoms with Crippen molar-refractivity contribution in [3.05, 3.63) is 59.1 Å². The first-order chi connectivity index (χ1) is 13.7. The van der Waals surface area contributed by atoms with Gasteiger partial charge in [0, 0.05) is 12.2 Å². The van der Waals surface area contributed by atoms with Crippen molar-refractivity contribution in [1.82, 2.24) is 9.96 Å². The molecule has 0 spiro atoms. The van der Waals surface area contributed by atoms with Crippen LogP contribution in [-0.2, 0) is 6.54 Å². The number of nitrogens with one attached hydrogen (secondary N) is 1. The second kappa shape index (κ2) is 8.79. The molecule has 3 rings (SSSR count). The number of ether oxygens (including phenoxy) is 1. The second-order valence-corrected chi connectivity index (χ2v) is 9.78. The van der Waals surface area contributed by atoms with Crippen molar-refractivity contribution in [2.45, 2.75) is 31.3 Å². The summed E-state index contributed by atoms with van der Waals surface area (Å²) in [6, 6.07) is 14.0. The van der Waals surface area contributed by atoms with Gasteiger partial charge in [-0.2, -0.15) is 5.06 Å². The maximum Gasteiger partial charge on any atom is 0.347 e. The van der Waals surface area contributed by atoms with E-state index >= 15 is 0 Å². The molecule has 1 heterocycles. The third kappa shape index (κ3) is 4.78. The van der Waals surface area contributed by atoms with E-state index in [4.69, 9.17) is 28.6 Å². The number of carbonyl (C=O) groups excluding carboxylic acids is 1. The van der Waals surface area contributed by atoms with Crippen LogP contribution in [0.15, 0.2) is 48.5 Å². The molecule has 1 saturated heterocycles. The summed E-state index contributed by atoms with van der Waals surface area (Å²) in [5.41, 5.74) is 1.48. The van der Waals surface area contributed by atoms with Gasteiger partial charge in [-0.15, -0.1) is 0 Å². The third-order valence-electron chi connectivity index (χ3n) is 4.54. The number of methoxy groups -OCH3 is 1. The van der Waals surface area contributed by atoms with Crippen molar-refractivity contribution in [2.24, 2.45) is 0 Å². The third-order valence-corrected chi connectivity index (χ3v) is 6.47. The average Bonchev–Trinajstić information content (AvgIpc) is 2.90. The van der Waals surface area contributed by atoms with Crippen molar-refractivity contribution in [3.63, 3.8) is 0 Å². The standard InChI is InChI=1S/C20H22ClN3O3S2/c1-20(2)17(23(19(28)29-20)12-13-7-5-4-6-8-13)24(26)18(25)22-14-9-10-16(27-3)15(21)11-14/h4-11,17,26H,12H2,1-3H3,(H,22,25)/t17-/m1/s1. The highest BCUT2D eigenvalue weighted by Gasteiger charge is 2.49. The predicted molar refractivity (Wildman–Crippen MR) is 121 cm³/mol.